The summed E-state index contributed by atoms with van der Waals surface area (Å²) in [7, 11) is 0. The predicted molar refractivity (Wildman–Crippen MR) is 70.3 cm³/mol. The van der Waals surface area contributed by atoms with E-state index in [1.54, 1.807) is 6.92 Å². The third-order valence-corrected chi connectivity index (χ3v) is 5.26. The summed E-state index contributed by atoms with van der Waals surface area (Å²) in [6.07, 6.45) is 10.1. The first-order valence-corrected chi connectivity index (χ1v) is 7.21. The number of nitrogens with one attached hydrogen (secondary N) is 1. The molecule has 0 radical (unpaired) electrons. The van der Waals surface area contributed by atoms with Crippen LogP contribution in [0.3, 0.4) is 0 Å². The minimum atomic E-state index is -0.803. The number of hydrogen-bond acceptors (Lipinski definition) is 2. The molecule has 0 aromatic carbocycles. The van der Waals surface area contributed by atoms with Gasteiger partial charge in [-0.05, 0) is 63.2 Å². The van der Waals surface area contributed by atoms with E-state index in [1.807, 2.05) is 6.08 Å². The van der Waals surface area contributed by atoms with Crippen LogP contribution in [0.25, 0.3) is 0 Å². The second-order valence-electron chi connectivity index (χ2n) is 6.77. The van der Waals surface area contributed by atoms with Crippen molar-refractivity contribution in [2.45, 2.75) is 51.0 Å². The normalized spacial score (nSPS) is 42.3. The van der Waals surface area contributed by atoms with Gasteiger partial charge in [-0.1, -0.05) is 6.08 Å². The molecule has 3 nitrogen and oxygen atoms in total. The summed E-state index contributed by atoms with van der Waals surface area (Å²) in [6.45, 7) is 2.38. The third-order valence-electron chi connectivity index (χ3n) is 5.26. The standard InChI is InChI=1S/C15H23NO2/c1-10(14(17)18)2-3-16-15-7-11-4-12(8-15)6-13(5-11)9-15/h2,11-13,16H,3-9H2,1H3,(H,17,18). The fourth-order valence-electron chi connectivity index (χ4n) is 4.84. The van der Waals surface area contributed by atoms with Gasteiger partial charge in [-0.3, -0.25) is 0 Å². The molecule has 0 heterocycles. The van der Waals surface area contributed by atoms with E-state index in [0.717, 1.165) is 17.8 Å². The van der Waals surface area contributed by atoms with E-state index in [1.165, 1.54) is 38.5 Å². The Morgan fingerprint density at radius 2 is 1.72 bits per heavy atom. The Morgan fingerprint density at radius 1 is 1.22 bits per heavy atom. The summed E-state index contributed by atoms with van der Waals surface area (Å²) in [5.41, 5.74) is 0.788. The molecule has 18 heavy (non-hydrogen) atoms. The Bertz CT molecular complexity index is 351. The van der Waals surface area contributed by atoms with Crippen molar-refractivity contribution in [1.29, 1.82) is 0 Å². The monoisotopic (exact) mass is 249 g/mol. The summed E-state index contributed by atoms with van der Waals surface area (Å²) >= 11 is 0. The van der Waals surface area contributed by atoms with E-state index < -0.39 is 5.97 Å². The van der Waals surface area contributed by atoms with Gasteiger partial charge in [0, 0.05) is 17.7 Å². The van der Waals surface area contributed by atoms with Gasteiger partial charge in [-0.2, -0.15) is 0 Å². The average Bonchev–Trinajstić information content (AvgIpc) is 2.26. The molecule has 0 aliphatic heterocycles. The molecule has 0 aromatic rings. The van der Waals surface area contributed by atoms with E-state index in [4.69, 9.17) is 5.11 Å². The van der Waals surface area contributed by atoms with Crippen LogP contribution in [0.1, 0.15) is 45.4 Å². The second-order valence-corrected chi connectivity index (χ2v) is 6.77. The lowest BCUT2D eigenvalue weighted by Crippen LogP contribution is -2.58. The van der Waals surface area contributed by atoms with Crippen molar-refractivity contribution in [2.24, 2.45) is 17.8 Å². The molecule has 4 aliphatic rings. The molecule has 0 unspecified atom stereocenters. The van der Waals surface area contributed by atoms with Crippen molar-refractivity contribution in [1.82, 2.24) is 5.32 Å². The first-order valence-electron chi connectivity index (χ1n) is 7.21. The molecule has 100 valence electrons. The summed E-state index contributed by atoms with van der Waals surface area (Å²) in [4.78, 5) is 10.8. The molecular weight excluding hydrogens is 226 g/mol. The fourth-order valence-corrected chi connectivity index (χ4v) is 4.84. The van der Waals surface area contributed by atoms with E-state index in [0.29, 0.717) is 17.7 Å². The minimum absolute atomic E-state index is 0.337. The van der Waals surface area contributed by atoms with Gasteiger partial charge in [0.2, 0.25) is 0 Å². The average molecular weight is 249 g/mol. The molecule has 2 N–H and O–H groups in total. The number of carbonyl (C=O) groups is 1. The number of aliphatic carboxylic acids is 1. The maximum atomic E-state index is 10.8. The zero-order valence-corrected chi connectivity index (χ0v) is 11.1. The summed E-state index contributed by atoms with van der Waals surface area (Å²) in [5.74, 6) is 2.01. The van der Waals surface area contributed by atoms with Crippen LogP contribution in [0.2, 0.25) is 0 Å². The predicted octanol–water partition coefficient (Wildman–Crippen LogP) is 2.58. The molecular formula is C15H23NO2. The Kier molecular flexibility index (Phi) is 2.97. The highest BCUT2D eigenvalue weighted by molar-refractivity contribution is 5.85. The zero-order chi connectivity index (χ0) is 12.8. The Balaban J connectivity index is 1.62. The van der Waals surface area contributed by atoms with Crippen molar-refractivity contribution in [3.63, 3.8) is 0 Å². The minimum Gasteiger partial charge on any atom is -0.478 e. The smallest absolute Gasteiger partial charge is 0.330 e. The number of hydrogen-bond donors (Lipinski definition) is 2. The highest BCUT2D eigenvalue weighted by Crippen LogP contribution is 2.55. The highest BCUT2D eigenvalue weighted by atomic mass is 16.4. The quantitative estimate of drug-likeness (QED) is 0.753. The molecule has 4 saturated carbocycles. The van der Waals surface area contributed by atoms with Crippen LogP contribution in [0.5, 0.6) is 0 Å². The molecule has 4 bridgehead atoms. The fraction of sp³-hybridized carbons (Fsp3) is 0.800. The van der Waals surface area contributed by atoms with Crippen LogP contribution in [0.4, 0.5) is 0 Å². The second kappa shape index (κ2) is 4.37. The third kappa shape index (κ3) is 2.20. The lowest BCUT2D eigenvalue weighted by Gasteiger charge is -2.57. The first kappa shape index (κ1) is 12.2. The maximum absolute atomic E-state index is 10.8. The lowest BCUT2D eigenvalue weighted by atomic mass is 9.53. The van der Waals surface area contributed by atoms with Crippen LogP contribution < -0.4 is 5.32 Å². The van der Waals surface area contributed by atoms with Gasteiger partial charge in [0.15, 0.2) is 0 Å². The Hall–Kier alpha value is -0.830. The van der Waals surface area contributed by atoms with Crippen LogP contribution in [-0.4, -0.2) is 23.2 Å². The number of carboxylic acid groups (broad SMARTS) is 1. The van der Waals surface area contributed by atoms with Gasteiger partial charge in [0.25, 0.3) is 0 Å². The topological polar surface area (TPSA) is 49.3 Å². The largest absolute Gasteiger partial charge is 0.478 e. The molecule has 4 rings (SSSR count). The van der Waals surface area contributed by atoms with Crippen molar-refractivity contribution < 1.29 is 9.90 Å². The van der Waals surface area contributed by atoms with E-state index in [-0.39, 0.29) is 0 Å². The van der Waals surface area contributed by atoms with Crippen LogP contribution >= 0.6 is 0 Å². The van der Waals surface area contributed by atoms with Crippen molar-refractivity contribution in [3.05, 3.63) is 11.6 Å². The number of carboxylic acids is 1. The molecule has 0 saturated heterocycles. The summed E-state index contributed by atoms with van der Waals surface area (Å²) < 4.78 is 0. The van der Waals surface area contributed by atoms with E-state index in [9.17, 15) is 4.79 Å². The maximum Gasteiger partial charge on any atom is 0.330 e. The van der Waals surface area contributed by atoms with Gasteiger partial charge < -0.3 is 10.4 Å². The van der Waals surface area contributed by atoms with E-state index in [2.05, 4.69) is 5.32 Å². The number of rotatable bonds is 4. The SMILES string of the molecule is CC(=CCNC12CC3CC(CC(C3)C1)C2)C(=O)O. The van der Waals surface area contributed by atoms with Gasteiger partial charge in [-0.15, -0.1) is 0 Å². The van der Waals surface area contributed by atoms with Crippen LogP contribution in [-0.2, 0) is 4.79 Å². The first-order chi connectivity index (χ1) is 8.56. The lowest BCUT2D eigenvalue weighted by molar-refractivity contribution is -0.132. The van der Waals surface area contributed by atoms with Gasteiger partial charge >= 0.3 is 5.97 Å². The summed E-state index contributed by atoms with van der Waals surface area (Å²) in [6, 6.07) is 0. The van der Waals surface area contributed by atoms with Gasteiger partial charge in [0.05, 0.1) is 0 Å². The van der Waals surface area contributed by atoms with Crippen molar-refractivity contribution in [3.8, 4) is 0 Å². The molecule has 0 aromatic heterocycles. The van der Waals surface area contributed by atoms with Crippen LogP contribution in [0.15, 0.2) is 11.6 Å². The highest BCUT2D eigenvalue weighted by Gasteiger charge is 2.50. The van der Waals surface area contributed by atoms with Crippen LogP contribution in [0, 0.1) is 17.8 Å². The van der Waals surface area contributed by atoms with E-state index >= 15 is 0 Å². The summed E-state index contributed by atoms with van der Waals surface area (Å²) in [5, 5.41) is 12.5. The van der Waals surface area contributed by atoms with Gasteiger partial charge in [0.1, 0.15) is 0 Å². The molecule has 0 atom stereocenters. The molecule has 4 fully saturated rings. The molecule has 3 heteroatoms. The Morgan fingerprint density at radius 3 is 2.17 bits per heavy atom. The Labute approximate surface area is 109 Å². The molecule has 0 amide bonds. The van der Waals surface area contributed by atoms with Crippen molar-refractivity contribution >= 4 is 5.97 Å². The van der Waals surface area contributed by atoms with Gasteiger partial charge in [-0.25, -0.2) is 4.79 Å². The molecule has 0 spiro atoms. The molecule has 4 aliphatic carbocycles. The zero-order valence-electron chi connectivity index (χ0n) is 11.1. The van der Waals surface area contributed by atoms with Crippen molar-refractivity contribution in [2.75, 3.05) is 6.54 Å².